The van der Waals surface area contributed by atoms with Crippen molar-refractivity contribution in [3.63, 3.8) is 0 Å². The van der Waals surface area contributed by atoms with Gasteiger partial charge in [-0.2, -0.15) is 0 Å². The molecule has 3 aromatic rings. The molecule has 2 aromatic heterocycles. The van der Waals surface area contributed by atoms with Crippen LogP contribution >= 0.6 is 0 Å². The fourth-order valence-electron chi connectivity index (χ4n) is 2.94. The quantitative estimate of drug-likeness (QED) is 0.761. The third-order valence-electron chi connectivity index (χ3n) is 4.41. The summed E-state index contributed by atoms with van der Waals surface area (Å²) < 4.78 is 0. The molecule has 0 unspecified atom stereocenters. The fraction of sp³-hybridized carbons (Fsp3) is 0.238. The Bertz CT molecular complexity index is 909. The van der Waals surface area contributed by atoms with E-state index >= 15 is 0 Å². The van der Waals surface area contributed by atoms with E-state index in [2.05, 4.69) is 20.3 Å². The molecular formula is C21H22N4O. The van der Waals surface area contributed by atoms with Gasteiger partial charge in [0.15, 0.2) is 5.82 Å². The summed E-state index contributed by atoms with van der Waals surface area (Å²) in [6, 6.07) is 11.3. The number of hydrogen-bond donors (Lipinski definition) is 1. The lowest BCUT2D eigenvalue weighted by Crippen LogP contribution is -2.28. The average Bonchev–Trinajstić information content (AvgIpc) is 2.68. The first-order chi connectivity index (χ1) is 12.6. The van der Waals surface area contributed by atoms with Gasteiger partial charge in [0, 0.05) is 41.0 Å². The van der Waals surface area contributed by atoms with Crippen LogP contribution in [0.25, 0.3) is 11.4 Å². The number of aryl methyl sites for hydroxylation is 2. The third kappa shape index (κ3) is 3.77. The normalized spacial score (nSPS) is 11.8. The van der Waals surface area contributed by atoms with Gasteiger partial charge in [-0.25, -0.2) is 9.97 Å². The number of carbonyl (C=O) groups excluding carboxylic acids is 1. The molecule has 0 saturated heterocycles. The van der Waals surface area contributed by atoms with Crippen molar-refractivity contribution < 1.29 is 4.79 Å². The van der Waals surface area contributed by atoms with E-state index < -0.39 is 0 Å². The topological polar surface area (TPSA) is 67.8 Å². The summed E-state index contributed by atoms with van der Waals surface area (Å²) in [6.07, 6.45) is 6.04. The van der Waals surface area contributed by atoms with Crippen LogP contribution in [0.3, 0.4) is 0 Å². The van der Waals surface area contributed by atoms with Gasteiger partial charge in [0.05, 0.1) is 6.04 Å². The highest BCUT2D eigenvalue weighted by Crippen LogP contribution is 2.20. The van der Waals surface area contributed by atoms with Crippen LogP contribution in [0.2, 0.25) is 0 Å². The van der Waals surface area contributed by atoms with Gasteiger partial charge < -0.3 is 5.32 Å². The van der Waals surface area contributed by atoms with Crippen LogP contribution in [-0.4, -0.2) is 20.9 Å². The minimum atomic E-state index is -0.182. The molecule has 2 heterocycles. The Hall–Kier alpha value is -3.08. The maximum absolute atomic E-state index is 12.6. The van der Waals surface area contributed by atoms with E-state index in [-0.39, 0.29) is 11.9 Å². The zero-order chi connectivity index (χ0) is 18.5. The van der Waals surface area contributed by atoms with Crippen molar-refractivity contribution in [1.82, 2.24) is 20.3 Å². The second-order valence-electron chi connectivity index (χ2n) is 6.18. The summed E-state index contributed by atoms with van der Waals surface area (Å²) >= 11 is 0. The third-order valence-corrected chi connectivity index (χ3v) is 4.41. The molecule has 1 N–H and O–H groups in total. The molecule has 0 radical (unpaired) electrons. The maximum Gasteiger partial charge on any atom is 0.252 e. The number of rotatable bonds is 5. The van der Waals surface area contributed by atoms with Crippen molar-refractivity contribution in [3.05, 3.63) is 77.4 Å². The van der Waals surface area contributed by atoms with Crippen molar-refractivity contribution in [3.8, 4) is 11.4 Å². The van der Waals surface area contributed by atoms with Crippen LogP contribution in [0, 0.1) is 6.92 Å². The Morgan fingerprint density at radius 2 is 1.88 bits per heavy atom. The molecule has 1 atom stereocenters. The molecule has 0 aliphatic carbocycles. The molecule has 5 nitrogen and oxygen atoms in total. The van der Waals surface area contributed by atoms with Crippen LogP contribution in [0.5, 0.6) is 0 Å². The number of pyridine rings is 1. The Balaban J connectivity index is 1.80. The van der Waals surface area contributed by atoms with Crippen LogP contribution in [0.1, 0.15) is 47.1 Å². The molecule has 0 aliphatic heterocycles. The Labute approximate surface area is 153 Å². The van der Waals surface area contributed by atoms with E-state index in [4.69, 9.17) is 0 Å². The predicted molar refractivity (Wildman–Crippen MR) is 102 cm³/mol. The van der Waals surface area contributed by atoms with Gasteiger partial charge in [-0.05, 0) is 44.0 Å². The fourth-order valence-corrected chi connectivity index (χ4v) is 2.94. The highest BCUT2D eigenvalue weighted by Gasteiger charge is 2.16. The number of aromatic nitrogens is 3. The van der Waals surface area contributed by atoms with Crippen molar-refractivity contribution in [2.24, 2.45) is 0 Å². The summed E-state index contributed by atoms with van der Waals surface area (Å²) in [4.78, 5) is 25.7. The first kappa shape index (κ1) is 17.7. The lowest BCUT2D eigenvalue weighted by molar-refractivity contribution is 0.0939. The maximum atomic E-state index is 12.6. The van der Waals surface area contributed by atoms with Crippen LogP contribution in [-0.2, 0) is 6.42 Å². The van der Waals surface area contributed by atoms with Gasteiger partial charge in [0.2, 0.25) is 0 Å². The molecule has 132 valence electrons. The Morgan fingerprint density at radius 1 is 1.15 bits per heavy atom. The van der Waals surface area contributed by atoms with Crippen LogP contribution < -0.4 is 5.32 Å². The SMILES string of the molecule is CCc1ccccc1C(=O)N[C@@H](C)c1cnc(-c2ccncc2)nc1C. The van der Waals surface area contributed by atoms with Crippen molar-refractivity contribution in [1.29, 1.82) is 0 Å². The zero-order valence-electron chi connectivity index (χ0n) is 15.2. The average molecular weight is 346 g/mol. The van der Waals surface area contributed by atoms with Crippen molar-refractivity contribution in [2.45, 2.75) is 33.2 Å². The molecule has 5 heteroatoms. The molecule has 3 rings (SSSR count). The van der Waals surface area contributed by atoms with E-state index in [1.165, 1.54) is 0 Å². The van der Waals surface area contributed by atoms with E-state index in [1.54, 1.807) is 18.6 Å². The summed E-state index contributed by atoms with van der Waals surface area (Å²) in [5.74, 6) is 0.580. The molecular weight excluding hydrogens is 324 g/mol. The van der Waals surface area contributed by atoms with Gasteiger partial charge in [0.1, 0.15) is 0 Å². The largest absolute Gasteiger partial charge is 0.345 e. The highest BCUT2D eigenvalue weighted by atomic mass is 16.1. The number of amides is 1. The summed E-state index contributed by atoms with van der Waals surface area (Å²) in [5, 5.41) is 3.06. The lowest BCUT2D eigenvalue weighted by Gasteiger charge is -2.17. The van der Waals surface area contributed by atoms with E-state index in [0.29, 0.717) is 11.4 Å². The first-order valence-corrected chi connectivity index (χ1v) is 8.72. The smallest absolute Gasteiger partial charge is 0.252 e. The molecule has 0 saturated carbocycles. The molecule has 26 heavy (non-hydrogen) atoms. The molecule has 1 aromatic carbocycles. The minimum absolute atomic E-state index is 0.0763. The summed E-state index contributed by atoms with van der Waals surface area (Å²) in [7, 11) is 0. The summed E-state index contributed by atoms with van der Waals surface area (Å²) in [6.45, 7) is 5.93. The standard InChI is InChI=1S/C21H22N4O/c1-4-16-7-5-6-8-18(16)21(26)25-15(3)19-13-23-20(24-14(19)2)17-9-11-22-12-10-17/h5-13,15H,4H2,1-3H3,(H,25,26)/t15-/m0/s1. The minimum Gasteiger partial charge on any atom is -0.345 e. The summed E-state index contributed by atoms with van der Waals surface area (Å²) in [5.41, 5.74) is 4.43. The van der Waals surface area contributed by atoms with E-state index in [9.17, 15) is 4.79 Å². The second kappa shape index (κ2) is 7.87. The molecule has 1 amide bonds. The Morgan fingerprint density at radius 3 is 2.58 bits per heavy atom. The molecule has 0 spiro atoms. The lowest BCUT2D eigenvalue weighted by atomic mass is 10.0. The van der Waals surface area contributed by atoms with Crippen LogP contribution in [0.4, 0.5) is 0 Å². The first-order valence-electron chi connectivity index (χ1n) is 8.72. The highest BCUT2D eigenvalue weighted by molar-refractivity contribution is 5.95. The van der Waals surface area contributed by atoms with Gasteiger partial charge in [0.25, 0.3) is 5.91 Å². The Kier molecular flexibility index (Phi) is 5.37. The molecule has 0 aliphatic rings. The number of benzene rings is 1. The van der Waals surface area contributed by atoms with Crippen molar-refractivity contribution >= 4 is 5.91 Å². The number of hydrogen-bond acceptors (Lipinski definition) is 4. The molecule has 0 bridgehead atoms. The predicted octanol–water partition coefficient (Wildman–Crippen LogP) is 3.90. The van der Waals surface area contributed by atoms with Gasteiger partial charge in [-0.3, -0.25) is 9.78 Å². The zero-order valence-corrected chi connectivity index (χ0v) is 15.2. The number of nitrogens with zero attached hydrogens (tertiary/aromatic N) is 3. The monoisotopic (exact) mass is 346 g/mol. The van der Waals surface area contributed by atoms with E-state index in [1.807, 2.05) is 57.2 Å². The van der Waals surface area contributed by atoms with Crippen molar-refractivity contribution in [2.75, 3.05) is 0 Å². The van der Waals surface area contributed by atoms with Gasteiger partial charge in [-0.1, -0.05) is 25.1 Å². The van der Waals surface area contributed by atoms with Gasteiger partial charge in [-0.15, -0.1) is 0 Å². The van der Waals surface area contributed by atoms with E-state index in [0.717, 1.165) is 28.8 Å². The number of carbonyl (C=O) groups is 1. The molecule has 0 fully saturated rings. The number of nitrogens with one attached hydrogen (secondary N) is 1. The van der Waals surface area contributed by atoms with Crippen LogP contribution in [0.15, 0.2) is 55.0 Å². The second-order valence-corrected chi connectivity index (χ2v) is 6.18. The van der Waals surface area contributed by atoms with Gasteiger partial charge >= 0.3 is 0 Å².